The molecule has 7 heteroatoms. The zero-order valence-corrected chi connectivity index (χ0v) is 10.4. The minimum absolute atomic E-state index is 0.129. The molecule has 2 heterocycles. The van der Waals surface area contributed by atoms with Crippen molar-refractivity contribution in [2.24, 2.45) is 0 Å². The summed E-state index contributed by atoms with van der Waals surface area (Å²) in [7, 11) is -4.24. The molecule has 18 heavy (non-hydrogen) atoms. The molecule has 0 N–H and O–H groups in total. The monoisotopic (exact) mass is 278 g/mol. The van der Waals surface area contributed by atoms with E-state index < -0.39 is 28.8 Å². The van der Waals surface area contributed by atoms with Crippen LogP contribution in [0.1, 0.15) is 18.9 Å². The largest absolute Gasteiger partial charge is 0.342 e. The molecule has 2 aliphatic heterocycles. The Morgan fingerprint density at radius 2 is 1.94 bits per heavy atom. The predicted octanol–water partition coefficient (Wildman–Crippen LogP) is 2.29. The first-order valence-electron chi connectivity index (χ1n) is 5.37. The van der Waals surface area contributed by atoms with Gasteiger partial charge in [0.05, 0.1) is 11.5 Å². The van der Waals surface area contributed by atoms with E-state index in [1.165, 1.54) is 31.2 Å². The van der Waals surface area contributed by atoms with E-state index in [9.17, 15) is 17.2 Å². The van der Waals surface area contributed by atoms with Crippen molar-refractivity contribution in [3.8, 4) is 0 Å². The molecule has 3 rings (SSSR count). The highest BCUT2D eigenvalue weighted by atomic mass is 32.2. The first-order chi connectivity index (χ1) is 8.35. The van der Waals surface area contributed by atoms with E-state index >= 15 is 0 Å². The molecule has 0 aliphatic carbocycles. The number of benzene rings is 1. The Morgan fingerprint density at radius 1 is 1.33 bits per heavy atom. The average molecular weight is 278 g/mol. The Hall–Kier alpha value is -1.05. The first kappa shape index (κ1) is 13.4. The van der Waals surface area contributed by atoms with E-state index in [0.29, 0.717) is 5.56 Å². The molecule has 0 fully saturated rings. The molecule has 4 nitrogen and oxygen atoms in total. The second kappa shape index (κ2) is 4.56. The van der Waals surface area contributed by atoms with E-state index in [0.717, 1.165) is 0 Å². The summed E-state index contributed by atoms with van der Waals surface area (Å²) in [4.78, 5) is -0.159. The minimum atomic E-state index is -4.24. The van der Waals surface area contributed by atoms with Gasteiger partial charge in [-0.3, -0.25) is 0 Å². The molecule has 1 aromatic carbocycles. The number of ether oxygens (including phenoxy) is 1. The van der Waals surface area contributed by atoms with E-state index in [1.807, 2.05) is 0 Å². The van der Waals surface area contributed by atoms with Crippen LogP contribution in [0.3, 0.4) is 0 Å². The second-order valence-electron chi connectivity index (χ2n) is 3.95. The maximum Gasteiger partial charge on any atom is 0.299 e. The summed E-state index contributed by atoms with van der Waals surface area (Å²) in [5.74, 6) is -3.36. The smallest absolute Gasteiger partial charge is 0.299 e. The zero-order valence-electron chi connectivity index (χ0n) is 9.60. The van der Waals surface area contributed by atoms with Crippen LogP contribution in [0.2, 0.25) is 0 Å². The third-order valence-corrected chi connectivity index (χ3v) is 3.92. The lowest BCUT2D eigenvalue weighted by molar-refractivity contribution is -0.224. The van der Waals surface area contributed by atoms with Gasteiger partial charge in [-0.25, -0.2) is 13.0 Å². The van der Waals surface area contributed by atoms with Crippen molar-refractivity contribution >= 4 is 10.1 Å². The Labute approximate surface area is 104 Å². The van der Waals surface area contributed by atoms with Gasteiger partial charge in [-0.2, -0.15) is 8.42 Å². The quantitative estimate of drug-likeness (QED) is 0.779. The van der Waals surface area contributed by atoms with Gasteiger partial charge in [-0.1, -0.05) is 19.1 Å². The molecule has 1 atom stereocenters. The van der Waals surface area contributed by atoms with Crippen molar-refractivity contribution in [2.75, 3.05) is 0 Å². The van der Waals surface area contributed by atoms with Crippen LogP contribution in [0, 0.1) is 0 Å². The molecule has 0 spiro atoms. The van der Waals surface area contributed by atoms with Gasteiger partial charge < -0.3 is 4.74 Å². The number of fused-ring (bicyclic) bond motifs is 6. The second-order valence-corrected chi connectivity index (χ2v) is 5.52. The van der Waals surface area contributed by atoms with Crippen LogP contribution < -0.4 is 0 Å². The van der Waals surface area contributed by atoms with Crippen molar-refractivity contribution in [1.29, 1.82) is 0 Å². The van der Waals surface area contributed by atoms with Gasteiger partial charge >= 0.3 is 0 Å². The molecule has 0 amide bonds. The van der Waals surface area contributed by atoms with Crippen LogP contribution >= 0.6 is 0 Å². The number of alkyl halides is 2. The number of hydrogen-bond acceptors (Lipinski definition) is 4. The van der Waals surface area contributed by atoms with Crippen LogP contribution in [0.5, 0.6) is 0 Å². The van der Waals surface area contributed by atoms with E-state index in [4.69, 9.17) is 4.74 Å². The standard InChI is InChI=1S/C11H12F2O4S/c1-2-11(12,13)10-16-7-8-3-5-9(6-4-8)18(14,15)17-10/h3-6,10H,2,7H2,1H3. The van der Waals surface area contributed by atoms with Crippen LogP contribution in [-0.4, -0.2) is 20.6 Å². The highest BCUT2D eigenvalue weighted by Crippen LogP contribution is 2.31. The summed E-state index contributed by atoms with van der Waals surface area (Å²) in [6.07, 6.45) is -2.67. The molecular formula is C11H12F2O4S. The minimum Gasteiger partial charge on any atom is -0.342 e. The van der Waals surface area contributed by atoms with Crippen LogP contribution in [0.25, 0.3) is 0 Å². The Morgan fingerprint density at radius 3 is 2.50 bits per heavy atom. The van der Waals surface area contributed by atoms with E-state index in [1.54, 1.807) is 0 Å². The van der Waals surface area contributed by atoms with Gasteiger partial charge in [0.2, 0.25) is 6.29 Å². The molecule has 0 saturated carbocycles. The van der Waals surface area contributed by atoms with Crippen molar-refractivity contribution in [2.45, 2.75) is 37.1 Å². The number of hydrogen-bond donors (Lipinski definition) is 0. The molecular weight excluding hydrogens is 266 g/mol. The number of halogens is 2. The molecule has 100 valence electrons. The number of rotatable bonds is 2. The molecule has 0 saturated heterocycles. The molecule has 2 bridgehead atoms. The highest BCUT2D eigenvalue weighted by Gasteiger charge is 2.43. The van der Waals surface area contributed by atoms with Gasteiger partial charge in [0.15, 0.2) is 0 Å². The van der Waals surface area contributed by atoms with Crippen molar-refractivity contribution in [3.05, 3.63) is 29.8 Å². The fourth-order valence-electron chi connectivity index (χ4n) is 1.48. The summed E-state index contributed by atoms with van der Waals surface area (Å²) in [6.45, 7) is 1.10. The summed E-state index contributed by atoms with van der Waals surface area (Å²) in [5.41, 5.74) is 0.608. The van der Waals surface area contributed by atoms with E-state index in [-0.39, 0.29) is 11.5 Å². The zero-order chi connectivity index (χ0) is 13.4. The SMILES string of the molecule is CCC(F)(F)C1OCc2ccc(cc2)S(=O)(=O)O1. The topological polar surface area (TPSA) is 52.6 Å². The molecule has 2 aliphatic rings. The maximum atomic E-state index is 13.5. The Kier molecular flexibility index (Phi) is 3.39. The van der Waals surface area contributed by atoms with Crippen molar-refractivity contribution < 1.29 is 26.1 Å². The lowest BCUT2D eigenvalue weighted by Gasteiger charge is -2.24. The predicted molar refractivity (Wildman–Crippen MR) is 58.5 cm³/mol. The first-order valence-corrected chi connectivity index (χ1v) is 6.77. The summed E-state index contributed by atoms with van der Waals surface area (Å²) < 4.78 is 59.9. The fourth-order valence-corrected chi connectivity index (χ4v) is 2.49. The maximum absolute atomic E-state index is 13.5. The van der Waals surface area contributed by atoms with Crippen LogP contribution in [0.15, 0.2) is 29.2 Å². The molecule has 1 unspecified atom stereocenters. The third kappa shape index (κ3) is 2.52. The van der Waals surface area contributed by atoms with Gasteiger partial charge in [-0.05, 0) is 17.7 Å². The summed E-state index contributed by atoms with van der Waals surface area (Å²) >= 11 is 0. The van der Waals surface area contributed by atoms with Crippen LogP contribution in [-0.2, 0) is 25.6 Å². The molecule has 0 aromatic heterocycles. The highest BCUT2D eigenvalue weighted by molar-refractivity contribution is 7.86. The Balaban J connectivity index is 2.40. The van der Waals surface area contributed by atoms with Gasteiger partial charge in [0.1, 0.15) is 0 Å². The summed E-state index contributed by atoms with van der Waals surface area (Å²) in [5, 5.41) is 0. The summed E-state index contributed by atoms with van der Waals surface area (Å²) in [6, 6.07) is 5.62. The van der Waals surface area contributed by atoms with Gasteiger partial charge in [-0.15, -0.1) is 0 Å². The molecule has 0 radical (unpaired) electrons. The fraction of sp³-hybridized carbons (Fsp3) is 0.455. The van der Waals surface area contributed by atoms with Gasteiger partial charge in [0.25, 0.3) is 16.0 Å². The average Bonchev–Trinajstić information content (AvgIpc) is 2.43. The lowest BCUT2D eigenvalue weighted by atomic mass is 10.2. The van der Waals surface area contributed by atoms with Crippen molar-refractivity contribution in [3.63, 3.8) is 0 Å². The van der Waals surface area contributed by atoms with E-state index in [2.05, 4.69) is 4.18 Å². The van der Waals surface area contributed by atoms with Crippen molar-refractivity contribution in [1.82, 2.24) is 0 Å². The normalized spacial score (nSPS) is 23.2. The van der Waals surface area contributed by atoms with Crippen LogP contribution in [0.4, 0.5) is 8.78 Å². The third-order valence-electron chi connectivity index (χ3n) is 2.64. The van der Waals surface area contributed by atoms with Gasteiger partial charge in [0, 0.05) is 6.42 Å². The molecule has 1 aromatic rings. The Bertz CT molecular complexity index is 524. The lowest BCUT2D eigenvalue weighted by Crippen LogP contribution is -2.38.